The van der Waals surface area contributed by atoms with E-state index in [0.29, 0.717) is 12.4 Å². The van der Waals surface area contributed by atoms with E-state index in [9.17, 15) is 4.79 Å². The average Bonchev–Trinajstić information content (AvgIpc) is 2.28. The van der Waals surface area contributed by atoms with Crippen LogP contribution < -0.4 is 4.74 Å². The van der Waals surface area contributed by atoms with Crippen molar-refractivity contribution in [1.29, 1.82) is 0 Å². The quantitative estimate of drug-likeness (QED) is 0.833. The summed E-state index contributed by atoms with van der Waals surface area (Å²) in [5.74, 6) is -0.391. The maximum Gasteiger partial charge on any atom is 0.339 e. The molecule has 0 unspecified atom stereocenters. The van der Waals surface area contributed by atoms with Gasteiger partial charge in [-0.3, -0.25) is 0 Å². The maximum atomic E-state index is 11.1. The molecular formula is C13H18O3. The first-order valence-corrected chi connectivity index (χ1v) is 5.66. The van der Waals surface area contributed by atoms with Crippen LogP contribution in [0.1, 0.15) is 42.3 Å². The van der Waals surface area contributed by atoms with Crippen LogP contribution in [0.2, 0.25) is 0 Å². The van der Waals surface area contributed by atoms with Gasteiger partial charge in [0.2, 0.25) is 0 Å². The molecule has 16 heavy (non-hydrogen) atoms. The molecule has 0 saturated carbocycles. The number of rotatable bonds is 5. The zero-order valence-electron chi connectivity index (χ0n) is 10.0. The zero-order valence-corrected chi connectivity index (χ0v) is 10.0. The van der Waals surface area contributed by atoms with Crippen molar-refractivity contribution in [3.63, 3.8) is 0 Å². The molecule has 1 aromatic carbocycles. The standard InChI is InChI=1S/C13H18O3/c1-4-9-7-8-11(13(14)15)12(16-6-3)10(9)5-2/h7-8H,4-6H2,1-3H3,(H,14,15). The molecule has 0 heterocycles. The Morgan fingerprint density at radius 3 is 2.38 bits per heavy atom. The smallest absolute Gasteiger partial charge is 0.339 e. The van der Waals surface area contributed by atoms with Gasteiger partial charge in [-0.15, -0.1) is 0 Å². The van der Waals surface area contributed by atoms with Crippen molar-refractivity contribution in [2.45, 2.75) is 33.6 Å². The number of ether oxygens (including phenoxy) is 1. The lowest BCUT2D eigenvalue weighted by molar-refractivity contribution is 0.0692. The minimum Gasteiger partial charge on any atom is -0.493 e. The summed E-state index contributed by atoms with van der Waals surface area (Å²) in [6.07, 6.45) is 1.68. The van der Waals surface area contributed by atoms with E-state index >= 15 is 0 Å². The van der Waals surface area contributed by atoms with Crippen molar-refractivity contribution in [2.75, 3.05) is 6.61 Å². The van der Waals surface area contributed by atoms with Gasteiger partial charge in [0.15, 0.2) is 0 Å². The zero-order chi connectivity index (χ0) is 12.1. The molecule has 0 spiro atoms. The third kappa shape index (κ3) is 2.35. The first-order valence-electron chi connectivity index (χ1n) is 5.66. The van der Waals surface area contributed by atoms with E-state index < -0.39 is 5.97 Å². The Bertz CT molecular complexity index is 383. The Morgan fingerprint density at radius 1 is 1.25 bits per heavy atom. The summed E-state index contributed by atoms with van der Waals surface area (Å²) in [6.45, 7) is 6.43. The molecule has 1 N–H and O–H groups in total. The lowest BCUT2D eigenvalue weighted by atomic mass is 9.98. The van der Waals surface area contributed by atoms with Gasteiger partial charge in [-0.05, 0) is 37.0 Å². The first kappa shape index (κ1) is 12.6. The number of carboxylic acids is 1. The van der Waals surface area contributed by atoms with Crippen LogP contribution in [0.5, 0.6) is 5.75 Å². The predicted molar refractivity (Wildman–Crippen MR) is 63.3 cm³/mol. The highest BCUT2D eigenvalue weighted by molar-refractivity contribution is 5.91. The summed E-state index contributed by atoms with van der Waals surface area (Å²) >= 11 is 0. The highest BCUT2D eigenvalue weighted by atomic mass is 16.5. The van der Waals surface area contributed by atoms with Gasteiger partial charge in [-0.25, -0.2) is 4.79 Å². The van der Waals surface area contributed by atoms with Crippen LogP contribution in [0.15, 0.2) is 12.1 Å². The molecule has 1 aromatic rings. The maximum absolute atomic E-state index is 11.1. The first-order chi connectivity index (χ1) is 7.65. The van der Waals surface area contributed by atoms with Gasteiger partial charge < -0.3 is 9.84 Å². The highest BCUT2D eigenvalue weighted by Gasteiger charge is 2.16. The molecule has 1 rings (SSSR count). The van der Waals surface area contributed by atoms with E-state index in [-0.39, 0.29) is 5.56 Å². The summed E-state index contributed by atoms with van der Waals surface area (Å²) < 4.78 is 5.48. The molecule has 3 nitrogen and oxygen atoms in total. The number of benzene rings is 1. The predicted octanol–water partition coefficient (Wildman–Crippen LogP) is 2.91. The number of carbonyl (C=O) groups is 1. The fraction of sp³-hybridized carbons (Fsp3) is 0.462. The number of carboxylic acid groups (broad SMARTS) is 1. The van der Waals surface area contributed by atoms with E-state index in [0.717, 1.165) is 24.0 Å². The van der Waals surface area contributed by atoms with E-state index in [4.69, 9.17) is 9.84 Å². The van der Waals surface area contributed by atoms with Crippen molar-refractivity contribution in [3.05, 3.63) is 28.8 Å². The second-order valence-corrected chi connectivity index (χ2v) is 3.53. The Kier molecular flexibility index (Phi) is 4.35. The SMILES string of the molecule is CCOc1c(C(=O)O)ccc(CC)c1CC. The van der Waals surface area contributed by atoms with Gasteiger partial charge in [0.05, 0.1) is 6.61 Å². The minimum atomic E-state index is -0.930. The molecule has 0 fully saturated rings. The van der Waals surface area contributed by atoms with E-state index in [1.54, 1.807) is 6.07 Å². The summed E-state index contributed by atoms with van der Waals surface area (Å²) in [5.41, 5.74) is 2.44. The monoisotopic (exact) mass is 222 g/mol. The normalized spacial score (nSPS) is 10.2. The van der Waals surface area contributed by atoms with Crippen LogP contribution in [0.4, 0.5) is 0 Å². The Balaban J connectivity index is 3.37. The summed E-state index contributed by atoms with van der Waals surface area (Å²) in [6, 6.07) is 3.51. The van der Waals surface area contributed by atoms with Crippen molar-refractivity contribution in [2.24, 2.45) is 0 Å². The van der Waals surface area contributed by atoms with Crippen molar-refractivity contribution in [3.8, 4) is 5.75 Å². The van der Waals surface area contributed by atoms with Crippen molar-refractivity contribution in [1.82, 2.24) is 0 Å². The van der Waals surface area contributed by atoms with Gasteiger partial charge in [0.1, 0.15) is 11.3 Å². The van der Waals surface area contributed by atoms with Gasteiger partial charge in [0, 0.05) is 0 Å². The number of aryl methyl sites for hydroxylation is 1. The molecule has 3 heteroatoms. The number of hydrogen-bond acceptors (Lipinski definition) is 2. The molecule has 0 radical (unpaired) electrons. The van der Waals surface area contributed by atoms with Crippen LogP contribution in [0.25, 0.3) is 0 Å². The van der Waals surface area contributed by atoms with Gasteiger partial charge in [-0.1, -0.05) is 19.9 Å². The summed E-state index contributed by atoms with van der Waals surface area (Å²) in [4.78, 5) is 11.1. The van der Waals surface area contributed by atoms with Crippen molar-refractivity contribution >= 4 is 5.97 Å². The topological polar surface area (TPSA) is 46.5 Å². The molecule has 0 amide bonds. The second-order valence-electron chi connectivity index (χ2n) is 3.53. The molecule has 0 saturated heterocycles. The third-order valence-electron chi connectivity index (χ3n) is 2.61. The molecule has 0 aliphatic rings. The summed E-state index contributed by atoms with van der Waals surface area (Å²) in [5, 5.41) is 9.10. The van der Waals surface area contributed by atoms with Crippen LogP contribution in [-0.2, 0) is 12.8 Å². The fourth-order valence-corrected chi connectivity index (χ4v) is 1.87. The molecule has 0 bridgehead atoms. The largest absolute Gasteiger partial charge is 0.493 e. The number of aromatic carboxylic acids is 1. The van der Waals surface area contributed by atoms with Crippen LogP contribution in [0, 0.1) is 0 Å². The van der Waals surface area contributed by atoms with E-state index in [1.807, 2.05) is 19.9 Å². The highest BCUT2D eigenvalue weighted by Crippen LogP contribution is 2.28. The Hall–Kier alpha value is -1.51. The second kappa shape index (κ2) is 5.54. The molecule has 0 aromatic heterocycles. The lowest BCUT2D eigenvalue weighted by Gasteiger charge is -2.15. The lowest BCUT2D eigenvalue weighted by Crippen LogP contribution is -2.07. The Labute approximate surface area is 96.1 Å². The van der Waals surface area contributed by atoms with E-state index in [1.165, 1.54) is 0 Å². The van der Waals surface area contributed by atoms with Crippen LogP contribution in [0.3, 0.4) is 0 Å². The third-order valence-corrected chi connectivity index (χ3v) is 2.61. The number of hydrogen-bond donors (Lipinski definition) is 1. The molecular weight excluding hydrogens is 204 g/mol. The Morgan fingerprint density at radius 2 is 1.94 bits per heavy atom. The summed E-state index contributed by atoms with van der Waals surface area (Å²) in [7, 11) is 0. The minimum absolute atomic E-state index is 0.260. The molecule has 88 valence electrons. The fourth-order valence-electron chi connectivity index (χ4n) is 1.87. The molecule has 0 aliphatic heterocycles. The molecule has 0 atom stereocenters. The van der Waals surface area contributed by atoms with Gasteiger partial charge in [0.25, 0.3) is 0 Å². The van der Waals surface area contributed by atoms with Crippen LogP contribution in [-0.4, -0.2) is 17.7 Å². The molecule has 0 aliphatic carbocycles. The van der Waals surface area contributed by atoms with Gasteiger partial charge in [-0.2, -0.15) is 0 Å². The van der Waals surface area contributed by atoms with Crippen LogP contribution >= 0.6 is 0 Å². The van der Waals surface area contributed by atoms with Gasteiger partial charge >= 0.3 is 5.97 Å². The van der Waals surface area contributed by atoms with E-state index in [2.05, 4.69) is 6.92 Å². The van der Waals surface area contributed by atoms with Crippen molar-refractivity contribution < 1.29 is 14.6 Å². The average molecular weight is 222 g/mol.